The smallest absolute Gasteiger partial charge is 0.211 e. The van der Waals surface area contributed by atoms with Crippen LogP contribution in [0.25, 0.3) is 0 Å². The van der Waals surface area contributed by atoms with Crippen LogP contribution in [-0.4, -0.2) is 35.2 Å². The average Bonchev–Trinajstić information content (AvgIpc) is 2.78. The van der Waals surface area contributed by atoms with Crippen LogP contribution < -0.4 is 0 Å². The van der Waals surface area contributed by atoms with Gasteiger partial charge in [-0.3, -0.25) is 4.90 Å². The molecule has 90 valence electrons. The van der Waals surface area contributed by atoms with Crippen molar-refractivity contribution in [1.82, 2.24) is 9.88 Å². The molecule has 16 heavy (non-hydrogen) atoms. The molecule has 1 aliphatic rings. The lowest BCUT2D eigenvalue weighted by Gasteiger charge is -2.29. The van der Waals surface area contributed by atoms with E-state index in [1.165, 1.54) is 12.8 Å². The van der Waals surface area contributed by atoms with E-state index >= 15 is 0 Å². The van der Waals surface area contributed by atoms with Crippen molar-refractivity contribution in [3.63, 3.8) is 0 Å². The summed E-state index contributed by atoms with van der Waals surface area (Å²) in [6.45, 7) is 3.18. The molecule has 0 radical (unpaired) electrons. The van der Waals surface area contributed by atoms with E-state index in [1.54, 1.807) is 6.26 Å². The van der Waals surface area contributed by atoms with E-state index in [1.807, 2.05) is 6.92 Å². The van der Waals surface area contributed by atoms with E-state index in [9.17, 15) is 0 Å². The highest BCUT2D eigenvalue weighted by atomic mass is 16.3. The first kappa shape index (κ1) is 11.6. The summed E-state index contributed by atoms with van der Waals surface area (Å²) in [5.41, 5.74) is 0.858. The molecule has 1 N–H and O–H groups in total. The SMILES string of the molecule is CC(CO)c1coc(C2CCCCN2C)n1. The summed E-state index contributed by atoms with van der Waals surface area (Å²) < 4.78 is 5.53. The molecule has 1 aliphatic heterocycles. The van der Waals surface area contributed by atoms with Gasteiger partial charge in [-0.2, -0.15) is 0 Å². The Morgan fingerprint density at radius 1 is 1.62 bits per heavy atom. The Hall–Kier alpha value is -0.870. The molecule has 2 heterocycles. The van der Waals surface area contributed by atoms with Gasteiger partial charge in [-0.1, -0.05) is 13.3 Å². The summed E-state index contributed by atoms with van der Waals surface area (Å²) in [7, 11) is 2.11. The maximum atomic E-state index is 9.07. The molecule has 2 rings (SSSR count). The maximum Gasteiger partial charge on any atom is 0.211 e. The lowest BCUT2D eigenvalue weighted by Crippen LogP contribution is -2.29. The van der Waals surface area contributed by atoms with Gasteiger partial charge in [-0.05, 0) is 26.4 Å². The van der Waals surface area contributed by atoms with Crippen LogP contribution in [0.15, 0.2) is 10.7 Å². The predicted molar refractivity (Wildman–Crippen MR) is 61.2 cm³/mol. The number of hydrogen-bond acceptors (Lipinski definition) is 4. The highest BCUT2D eigenvalue weighted by Gasteiger charge is 2.25. The summed E-state index contributed by atoms with van der Waals surface area (Å²) in [5.74, 6) is 0.865. The first-order chi connectivity index (χ1) is 7.72. The first-order valence-electron chi connectivity index (χ1n) is 5.98. The van der Waals surface area contributed by atoms with Gasteiger partial charge < -0.3 is 9.52 Å². The number of rotatable bonds is 3. The lowest BCUT2D eigenvalue weighted by atomic mass is 10.0. The van der Waals surface area contributed by atoms with Crippen LogP contribution in [0.3, 0.4) is 0 Å². The van der Waals surface area contributed by atoms with Crippen molar-refractivity contribution in [2.75, 3.05) is 20.2 Å². The highest BCUT2D eigenvalue weighted by molar-refractivity contribution is 5.05. The Labute approximate surface area is 96.3 Å². The second-order valence-electron chi connectivity index (χ2n) is 4.69. The molecule has 2 unspecified atom stereocenters. The molecule has 1 aromatic rings. The number of nitrogens with zero attached hydrogens (tertiary/aromatic N) is 2. The molecule has 1 aromatic heterocycles. The van der Waals surface area contributed by atoms with E-state index in [0.29, 0.717) is 6.04 Å². The zero-order valence-electron chi connectivity index (χ0n) is 10.0. The molecular formula is C12H20N2O2. The minimum absolute atomic E-state index is 0.0615. The third kappa shape index (κ3) is 2.28. The van der Waals surface area contributed by atoms with Crippen LogP contribution in [0, 0.1) is 0 Å². The van der Waals surface area contributed by atoms with E-state index < -0.39 is 0 Å². The normalized spacial score (nSPS) is 24.6. The van der Waals surface area contributed by atoms with Crippen molar-refractivity contribution in [2.24, 2.45) is 0 Å². The van der Waals surface area contributed by atoms with Gasteiger partial charge in [0.15, 0.2) is 0 Å². The van der Waals surface area contributed by atoms with Crippen LogP contribution in [0.5, 0.6) is 0 Å². The Kier molecular flexibility index (Phi) is 3.61. The average molecular weight is 224 g/mol. The number of oxazole rings is 1. The Morgan fingerprint density at radius 2 is 2.44 bits per heavy atom. The van der Waals surface area contributed by atoms with Gasteiger partial charge in [0.05, 0.1) is 18.3 Å². The standard InChI is InChI=1S/C12H20N2O2/c1-9(7-15)10-8-16-12(13-10)11-5-3-4-6-14(11)2/h8-9,11,15H,3-7H2,1-2H3. The fourth-order valence-corrected chi connectivity index (χ4v) is 2.16. The molecule has 1 fully saturated rings. The van der Waals surface area contributed by atoms with Crippen molar-refractivity contribution in [1.29, 1.82) is 0 Å². The largest absolute Gasteiger partial charge is 0.447 e. The van der Waals surface area contributed by atoms with Gasteiger partial charge in [-0.25, -0.2) is 4.98 Å². The van der Waals surface area contributed by atoms with Gasteiger partial charge in [0.25, 0.3) is 0 Å². The summed E-state index contributed by atoms with van der Waals surface area (Å²) >= 11 is 0. The molecule has 0 amide bonds. The molecule has 0 aliphatic carbocycles. The molecule has 1 saturated heterocycles. The molecule has 0 bridgehead atoms. The lowest BCUT2D eigenvalue weighted by molar-refractivity contribution is 0.159. The highest BCUT2D eigenvalue weighted by Crippen LogP contribution is 2.29. The Balaban J connectivity index is 2.11. The minimum atomic E-state index is 0.0615. The number of hydrogen-bond donors (Lipinski definition) is 1. The second kappa shape index (κ2) is 4.97. The van der Waals surface area contributed by atoms with E-state index in [2.05, 4.69) is 16.9 Å². The van der Waals surface area contributed by atoms with Crippen LogP contribution in [-0.2, 0) is 0 Å². The van der Waals surface area contributed by atoms with Gasteiger partial charge in [0.2, 0.25) is 5.89 Å². The number of likely N-dealkylation sites (tertiary alicyclic amines) is 1. The van der Waals surface area contributed by atoms with Gasteiger partial charge in [0, 0.05) is 5.92 Å². The van der Waals surface area contributed by atoms with E-state index in [0.717, 1.165) is 24.6 Å². The summed E-state index contributed by atoms with van der Waals surface area (Å²) in [5, 5.41) is 9.07. The summed E-state index contributed by atoms with van der Waals surface area (Å²) in [6.07, 6.45) is 5.29. The molecule has 2 atom stereocenters. The van der Waals surface area contributed by atoms with Crippen LogP contribution >= 0.6 is 0 Å². The summed E-state index contributed by atoms with van der Waals surface area (Å²) in [6, 6.07) is 0.313. The molecule has 0 saturated carbocycles. The van der Waals surface area contributed by atoms with Crippen LogP contribution in [0.2, 0.25) is 0 Å². The van der Waals surface area contributed by atoms with Crippen molar-refractivity contribution in [3.05, 3.63) is 17.8 Å². The van der Waals surface area contributed by atoms with Crippen molar-refractivity contribution in [2.45, 2.75) is 38.1 Å². The number of aromatic nitrogens is 1. The predicted octanol–water partition coefficient (Wildman–Crippen LogP) is 1.93. The van der Waals surface area contributed by atoms with E-state index in [-0.39, 0.29) is 12.5 Å². The number of aliphatic hydroxyl groups excluding tert-OH is 1. The zero-order chi connectivity index (χ0) is 11.5. The fraction of sp³-hybridized carbons (Fsp3) is 0.750. The molecule has 0 aromatic carbocycles. The molecular weight excluding hydrogens is 204 g/mol. The molecule has 0 spiro atoms. The van der Waals surface area contributed by atoms with Crippen molar-refractivity contribution >= 4 is 0 Å². The van der Waals surface area contributed by atoms with Crippen LogP contribution in [0.1, 0.15) is 49.7 Å². The maximum absolute atomic E-state index is 9.07. The van der Waals surface area contributed by atoms with E-state index in [4.69, 9.17) is 9.52 Å². The minimum Gasteiger partial charge on any atom is -0.447 e. The monoisotopic (exact) mass is 224 g/mol. The quantitative estimate of drug-likeness (QED) is 0.852. The van der Waals surface area contributed by atoms with Gasteiger partial charge >= 0.3 is 0 Å². The van der Waals surface area contributed by atoms with Crippen LogP contribution in [0.4, 0.5) is 0 Å². The number of aliphatic hydroxyl groups is 1. The molecule has 4 nitrogen and oxygen atoms in total. The Morgan fingerprint density at radius 3 is 3.12 bits per heavy atom. The Bertz CT molecular complexity index is 338. The first-order valence-corrected chi connectivity index (χ1v) is 5.98. The van der Waals surface area contributed by atoms with Crippen molar-refractivity contribution in [3.8, 4) is 0 Å². The third-order valence-electron chi connectivity index (χ3n) is 3.37. The topological polar surface area (TPSA) is 49.5 Å². The zero-order valence-corrected chi connectivity index (χ0v) is 10.0. The number of piperidine rings is 1. The second-order valence-corrected chi connectivity index (χ2v) is 4.69. The third-order valence-corrected chi connectivity index (χ3v) is 3.37. The van der Waals surface area contributed by atoms with Crippen molar-refractivity contribution < 1.29 is 9.52 Å². The van der Waals surface area contributed by atoms with Gasteiger partial charge in [0.1, 0.15) is 6.26 Å². The van der Waals surface area contributed by atoms with Gasteiger partial charge in [-0.15, -0.1) is 0 Å². The summed E-state index contributed by atoms with van der Waals surface area (Å²) in [4.78, 5) is 6.78. The molecule has 4 heteroatoms. The fourth-order valence-electron chi connectivity index (χ4n) is 2.16.